The summed E-state index contributed by atoms with van der Waals surface area (Å²) in [6, 6.07) is 4.87. The molecular formula is C15H12F3N3O2. The van der Waals surface area contributed by atoms with Crippen LogP contribution in [0.4, 0.5) is 13.2 Å². The highest BCUT2D eigenvalue weighted by atomic mass is 19.4. The Kier molecular flexibility index (Phi) is 3.46. The monoisotopic (exact) mass is 323 g/mol. The van der Waals surface area contributed by atoms with E-state index >= 15 is 0 Å². The van der Waals surface area contributed by atoms with Crippen molar-refractivity contribution < 1.29 is 22.5 Å². The van der Waals surface area contributed by atoms with Crippen LogP contribution in [0.25, 0.3) is 22.3 Å². The van der Waals surface area contributed by atoms with Crippen LogP contribution in [0.3, 0.4) is 0 Å². The third-order valence-corrected chi connectivity index (χ3v) is 3.50. The Morgan fingerprint density at radius 3 is 2.70 bits per heavy atom. The fourth-order valence-electron chi connectivity index (χ4n) is 2.37. The summed E-state index contributed by atoms with van der Waals surface area (Å²) in [6.07, 6.45) is -2.62. The molecule has 0 unspecified atom stereocenters. The summed E-state index contributed by atoms with van der Waals surface area (Å²) in [5.41, 5.74) is 1.92. The van der Waals surface area contributed by atoms with Gasteiger partial charge in [-0.05, 0) is 30.7 Å². The predicted molar refractivity (Wildman–Crippen MR) is 75.9 cm³/mol. The Morgan fingerprint density at radius 2 is 2.09 bits per heavy atom. The summed E-state index contributed by atoms with van der Waals surface area (Å²) >= 11 is 0. The van der Waals surface area contributed by atoms with Gasteiger partial charge in [0.05, 0.1) is 5.52 Å². The number of hydrogen-bond donors (Lipinski definition) is 0. The highest BCUT2D eigenvalue weighted by Crippen LogP contribution is 2.31. The number of benzene rings is 1. The normalized spacial score (nSPS) is 12.0. The third-order valence-electron chi connectivity index (χ3n) is 3.50. The number of aromatic nitrogens is 3. The molecule has 0 fully saturated rings. The number of aryl methyl sites for hydroxylation is 1. The van der Waals surface area contributed by atoms with E-state index in [4.69, 9.17) is 0 Å². The van der Waals surface area contributed by atoms with Crippen LogP contribution < -0.4 is 0 Å². The van der Waals surface area contributed by atoms with Gasteiger partial charge in [-0.15, -0.1) is 0 Å². The molecule has 0 spiro atoms. The summed E-state index contributed by atoms with van der Waals surface area (Å²) in [5.74, 6) is -1.59. The van der Waals surface area contributed by atoms with Gasteiger partial charge in [-0.1, -0.05) is 12.1 Å². The fraction of sp³-hybridized carbons (Fsp3) is 0.267. The maximum atomic E-state index is 12.5. The van der Waals surface area contributed by atoms with Crippen molar-refractivity contribution in [2.75, 3.05) is 0 Å². The number of carbonyl (C=O) groups excluding carboxylic acids is 1. The molecule has 0 atom stereocenters. The number of rotatable bonds is 2. The number of carbonyl (C=O) groups is 1. The topological polar surface area (TPSA) is 60.9 Å². The van der Waals surface area contributed by atoms with Crippen LogP contribution in [-0.2, 0) is 6.18 Å². The lowest BCUT2D eigenvalue weighted by Crippen LogP contribution is -2.06. The zero-order valence-electron chi connectivity index (χ0n) is 12.3. The molecule has 120 valence electrons. The van der Waals surface area contributed by atoms with E-state index in [9.17, 15) is 18.0 Å². The van der Waals surface area contributed by atoms with Crippen molar-refractivity contribution in [2.45, 2.75) is 26.4 Å². The maximum absolute atomic E-state index is 12.5. The fourth-order valence-corrected chi connectivity index (χ4v) is 2.37. The molecule has 2 heterocycles. The first kappa shape index (κ1) is 15.3. The van der Waals surface area contributed by atoms with Crippen LogP contribution in [0.5, 0.6) is 0 Å². The molecule has 0 saturated carbocycles. The van der Waals surface area contributed by atoms with E-state index in [0.717, 1.165) is 10.9 Å². The molecule has 0 amide bonds. The molecule has 3 aromatic rings. The number of hydrogen-bond acceptors (Lipinski definition) is 4. The smallest absolute Gasteiger partial charge is 0.329 e. The second-order valence-corrected chi connectivity index (χ2v) is 5.08. The summed E-state index contributed by atoms with van der Waals surface area (Å²) < 4.78 is 43.4. The van der Waals surface area contributed by atoms with Crippen molar-refractivity contribution in [1.82, 2.24) is 14.7 Å². The van der Waals surface area contributed by atoms with Gasteiger partial charge in [0.2, 0.25) is 11.7 Å². The summed E-state index contributed by atoms with van der Waals surface area (Å²) in [4.78, 5) is 15.3. The minimum absolute atomic E-state index is 0.0604. The first-order valence-electron chi connectivity index (χ1n) is 6.87. The van der Waals surface area contributed by atoms with E-state index in [1.807, 2.05) is 6.92 Å². The van der Waals surface area contributed by atoms with Crippen LogP contribution >= 0.6 is 0 Å². The Labute approximate surface area is 128 Å². The molecule has 1 aromatic carbocycles. The molecule has 3 rings (SSSR count). The number of halogens is 3. The van der Waals surface area contributed by atoms with Crippen molar-refractivity contribution >= 4 is 16.8 Å². The Hall–Kier alpha value is -2.64. The van der Waals surface area contributed by atoms with E-state index in [1.165, 1.54) is 4.57 Å². The van der Waals surface area contributed by atoms with Crippen LogP contribution in [0.2, 0.25) is 0 Å². The highest BCUT2D eigenvalue weighted by molar-refractivity contribution is 5.95. The van der Waals surface area contributed by atoms with E-state index in [2.05, 4.69) is 14.7 Å². The van der Waals surface area contributed by atoms with E-state index in [0.29, 0.717) is 17.5 Å². The molecule has 2 aromatic heterocycles. The van der Waals surface area contributed by atoms with Gasteiger partial charge < -0.3 is 4.52 Å². The molecule has 0 N–H and O–H groups in total. The van der Waals surface area contributed by atoms with Crippen LogP contribution in [0, 0.1) is 6.92 Å². The van der Waals surface area contributed by atoms with Crippen molar-refractivity contribution in [3.63, 3.8) is 0 Å². The maximum Gasteiger partial charge on any atom is 0.471 e. The second kappa shape index (κ2) is 5.22. The zero-order chi connectivity index (χ0) is 16.8. The molecule has 23 heavy (non-hydrogen) atoms. The van der Waals surface area contributed by atoms with Gasteiger partial charge in [0.1, 0.15) is 0 Å². The molecular weight excluding hydrogens is 311 g/mol. The summed E-state index contributed by atoms with van der Waals surface area (Å²) in [7, 11) is 0. The van der Waals surface area contributed by atoms with Gasteiger partial charge in [-0.2, -0.15) is 18.2 Å². The number of fused-ring (bicyclic) bond motifs is 1. The summed E-state index contributed by atoms with van der Waals surface area (Å²) in [5, 5.41) is 4.12. The average Bonchev–Trinajstić information content (AvgIpc) is 3.11. The van der Waals surface area contributed by atoms with E-state index in [-0.39, 0.29) is 11.7 Å². The Balaban J connectivity index is 2.09. The van der Waals surface area contributed by atoms with Crippen LogP contribution in [0.15, 0.2) is 28.9 Å². The Morgan fingerprint density at radius 1 is 1.35 bits per heavy atom. The molecule has 0 bridgehead atoms. The number of nitrogens with zero attached hydrogens (tertiary/aromatic N) is 3. The van der Waals surface area contributed by atoms with Gasteiger partial charge >= 0.3 is 12.1 Å². The van der Waals surface area contributed by atoms with Crippen LogP contribution in [-0.4, -0.2) is 20.6 Å². The lowest BCUT2D eigenvalue weighted by Gasteiger charge is -2.02. The lowest BCUT2D eigenvalue weighted by molar-refractivity contribution is -0.159. The minimum Gasteiger partial charge on any atom is -0.329 e. The average molecular weight is 323 g/mol. The van der Waals surface area contributed by atoms with Gasteiger partial charge in [-0.25, -0.2) is 0 Å². The van der Waals surface area contributed by atoms with Crippen molar-refractivity contribution in [3.05, 3.63) is 35.9 Å². The standard InChI is InChI=1S/C15H12F3N3O2/c1-3-12(22)21-7-8(2)10-6-9(4-5-11(10)21)13-19-14(23-20-13)15(16,17)18/h4-7H,3H2,1-2H3. The molecule has 0 aliphatic rings. The van der Waals surface area contributed by atoms with Gasteiger partial charge in [-0.3, -0.25) is 9.36 Å². The van der Waals surface area contributed by atoms with Gasteiger partial charge in [0.25, 0.3) is 0 Å². The molecule has 0 aliphatic carbocycles. The predicted octanol–water partition coefficient (Wildman–Crippen LogP) is 4.07. The largest absolute Gasteiger partial charge is 0.471 e. The first-order chi connectivity index (χ1) is 10.8. The third kappa shape index (κ3) is 2.60. The van der Waals surface area contributed by atoms with Crippen molar-refractivity contribution in [2.24, 2.45) is 0 Å². The first-order valence-corrected chi connectivity index (χ1v) is 6.87. The van der Waals surface area contributed by atoms with Gasteiger partial charge in [0.15, 0.2) is 0 Å². The lowest BCUT2D eigenvalue weighted by atomic mass is 10.1. The van der Waals surface area contributed by atoms with E-state index < -0.39 is 12.1 Å². The van der Waals surface area contributed by atoms with Crippen molar-refractivity contribution in [3.8, 4) is 11.4 Å². The highest BCUT2D eigenvalue weighted by Gasteiger charge is 2.38. The van der Waals surface area contributed by atoms with Crippen LogP contribution in [0.1, 0.15) is 29.6 Å². The van der Waals surface area contributed by atoms with E-state index in [1.54, 1.807) is 31.3 Å². The number of alkyl halides is 3. The second-order valence-electron chi connectivity index (χ2n) is 5.08. The molecule has 8 heteroatoms. The SMILES string of the molecule is CCC(=O)n1cc(C)c2cc(-c3noc(C(F)(F)F)n3)ccc21. The Bertz CT molecular complexity index is 893. The molecule has 0 radical (unpaired) electrons. The summed E-state index contributed by atoms with van der Waals surface area (Å²) in [6.45, 7) is 3.58. The molecule has 0 saturated heterocycles. The quantitative estimate of drug-likeness (QED) is 0.713. The molecule has 0 aliphatic heterocycles. The van der Waals surface area contributed by atoms with Gasteiger partial charge in [0, 0.05) is 23.6 Å². The zero-order valence-corrected chi connectivity index (χ0v) is 12.3. The van der Waals surface area contributed by atoms with Crippen molar-refractivity contribution in [1.29, 1.82) is 0 Å². The molecule has 5 nitrogen and oxygen atoms in total. The minimum atomic E-state index is -4.68.